The van der Waals surface area contributed by atoms with Gasteiger partial charge in [0.1, 0.15) is 0 Å². The Labute approximate surface area is 101 Å². The molecule has 0 saturated carbocycles. The van der Waals surface area contributed by atoms with Crippen molar-refractivity contribution in [3.8, 4) is 0 Å². The molecule has 0 aliphatic carbocycles. The number of fused-ring (bicyclic) bond motifs is 1. The molecule has 1 aliphatic rings. The smallest absolute Gasteiger partial charge is 0.244 e. The minimum Gasteiger partial charge on any atom is -0.346 e. The molecule has 5 heteroatoms. The normalized spacial score (nSPS) is 15.5. The number of hydrogen-bond donors (Lipinski definition) is 2. The third-order valence-corrected chi connectivity index (χ3v) is 2.72. The first-order chi connectivity index (χ1) is 7.96. The molecule has 0 fully saturated rings. The maximum atomic E-state index is 11.5. The Bertz CT molecular complexity index is 425. The van der Waals surface area contributed by atoms with Gasteiger partial charge in [-0.15, -0.1) is 0 Å². The Kier molecular flexibility index (Phi) is 3.02. The lowest BCUT2D eigenvalue weighted by Crippen LogP contribution is -2.43. The third-order valence-electron chi connectivity index (χ3n) is 2.72. The lowest BCUT2D eigenvalue weighted by Gasteiger charge is -2.31. The molecule has 0 bridgehead atoms. The van der Waals surface area contributed by atoms with Gasteiger partial charge >= 0.3 is 0 Å². The van der Waals surface area contributed by atoms with E-state index < -0.39 is 0 Å². The van der Waals surface area contributed by atoms with Crippen LogP contribution in [0, 0.1) is 0 Å². The first-order valence-electron chi connectivity index (χ1n) is 5.74. The molecule has 2 rings (SSSR count). The van der Waals surface area contributed by atoms with Crippen LogP contribution in [0.4, 0.5) is 11.5 Å². The summed E-state index contributed by atoms with van der Waals surface area (Å²) in [7, 11) is 0. The summed E-state index contributed by atoms with van der Waals surface area (Å²) in [6.45, 7) is 5.05. The molecule has 5 nitrogen and oxygen atoms in total. The Hall–Kier alpha value is -1.62. The summed E-state index contributed by atoms with van der Waals surface area (Å²) in [5.41, 5.74) is 6.50. The number of amides is 1. The topological polar surface area (TPSA) is 71.2 Å². The molecule has 0 unspecified atom stereocenters. The third kappa shape index (κ3) is 2.94. The van der Waals surface area contributed by atoms with Crippen molar-refractivity contribution in [1.82, 2.24) is 4.98 Å². The number of hydrogen-bond acceptors (Lipinski definition) is 4. The Morgan fingerprint density at radius 1 is 1.59 bits per heavy atom. The summed E-state index contributed by atoms with van der Waals surface area (Å²) in [4.78, 5) is 17.8. The van der Waals surface area contributed by atoms with E-state index in [1.165, 1.54) is 0 Å². The van der Waals surface area contributed by atoms with Crippen molar-refractivity contribution < 1.29 is 4.79 Å². The molecular weight excluding hydrogens is 216 g/mol. The van der Waals surface area contributed by atoms with Gasteiger partial charge in [-0.1, -0.05) is 0 Å². The summed E-state index contributed by atoms with van der Waals surface area (Å²) in [6.07, 6.45) is 2.55. The second kappa shape index (κ2) is 4.33. The van der Waals surface area contributed by atoms with Crippen molar-refractivity contribution in [2.75, 3.05) is 23.3 Å². The maximum Gasteiger partial charge on any atom is 0.244 e. The predicted octanol–water partition coefficient (Wildman–Crippen LogP) is 0.967. The fourth-order valence-electron chi connectivity index (χ4n) is 1.79. The summed E-state index contributed by atoms with van der Waals surface area (Å²) in [6, 6.07) is 3.68. The second-order valence-electron chi connectivity index (χ2n) is 5.08. The minimum absolute atomic E-state index is 0.000303. The van der Waals surface area contributed by atoms with E-state index in [1.807, 2.05) is 30.9 Å². The van der Waals surface area contributed by atoms with Crippen molar-refractivity contribution in [1.29, 1.82) is 0 Å². The summed E-state index contributed by atoms with van der Waals surface area (Å²) in [5, 5.41) is 2.81. The first kappa shape index (κ1) is 11.9. The largest absolute Gasteiger partial charge is 0.346 e. The van der Waals surface area contributed by atoms with Gasteiger partial charge in [-0.2, -0.15) is 0 Å². The van der Waals surface area contributed by atoms with Crippen LogP contribution in [-0.4, -0.2) is 29.5 Å². The average Bonchev–Trinajstić information content (AvgIpc) is 2.24. The van der Waals surface area contributed by atoms with Gasteiger partial charge < -0.3 is 16.0 Å². The summed E-state index contributed by atoms with van der Waals surface area (Å²) in [5.74, 6) is 0.830. The van der Waals surface area contributed by atoms with Crippen molar-refractivity contribution in [2.24, 2.45) is 5.73 Å². The van der Waals surface area contributed by atoms with E-state index in [-0.39, 0.29) is 11.4 Å². The Morgan fingerprint density at radius 3 is 3.06 bits per heavy atom. The fraction of sp³-hybridized carbons (Fsp3) is 0.500. The van der Waals surface area contributed by atoms with Crippen LogP contribution in [0.2, 0.25) is 0 Å². The van der Waals surface area contributed by atoms with Crippen LogP contribution in [0.15, 0.2) is 18.3 Å². The number of aromatic nitrogens is 1. The molecule has 0 radical (unpaired) electrons. The standard InChI is InChI=1S/C12H18N4O/c1-12(2,13)5-7-16-8-10(17)15-9-4-3-6-14-11(9)16/h3-4,6H,5,7-8,13H2,1-2H3,(H,15,17). The number of carbonyl (C=O) groups is 1. The van der Waals surface area contributed by atoms with Crippen LogP contribution in [0.1, 0.15) is 20.3 Å². The molecule has 1 aromatic rings. The molecule has 2 heterocycles. The molecule has 17 heavy (non-hydrogen) atoms. The van der Waals surface area contributed by atoms with Crippen LogP contribution in [-0.2, 0) is 4.79 Å². The zero-order valence-corrected chi connectivity index (χ0v) is 10.2. The maximum absolute atomic E-state index is 11.5. The fourth-order valence-corrected chi connectivity index (χ4v) is 1.79. The van der Waals surface area contributed by atoms with Crippen molar-refractivity contribution >= 4 is 17.4 Å². The molecule has 1 amide bonds. The number of anilines is 2. The summed E-state index contributed by atoms with van der Waals surface area (Å²) < 4.78 is 0. The quantitative estimate of drug-likeness (QED) is 0.817. The molecule has 0 spiro atoms. The highest BCUT2D eigenvalue weighted by Gasteiger charge is 2.24. The molecule has 0 atom stereocenters. The minimum atomic E-state index is -0.233. The molecule has 1 aliphatic heterocycles. The number of nitrogens with two attached hydrogens (primary N) is 1. The van der Waals surface area contributed by atoms with Crippen molar-refractivity contribution in [3.05, 3.63) is 18.3 Å². The van der Waals surface area contributed by atoms with E-state index in [2.05, 4.69) is 10.3 Å². The molecular formula is C12H18N4O. The van der Waals surface area contributed by atoms with Crippen LogP contribution >= 0.6 is 0 Å². The van der Waals surface area contributed by atoms with Gasteiger partial charge in [0.2, 0.25) is 5.91 Å². The van der Waals surface area contributed by atoms with Crippen molar-refractivity contribution in [3.63, 3.8) is 0 Å². The zero-order chi connectivity index (χ0) is 12.5. The van der Waals surface area contributed by atoms with Crippen LogP contribution in [0.25, 0.3) is 0 Å². The summed E-state index contributed by atoms with van der Waals surface area (Å²) >= 11 is 0. The van der Waals surface area contributed by atoms with Gasteiger partial charge in [0.25, 0.3) is 0 Å². The number of nitrogens with zero attached hydrogens (tertiary/aromatic N) is 2. The van der Waals surface area contributed by atoms with Gasteiger partial charge in [-0.3, -0.25) is 4.79 Å². The average molecular weight is 234 g/mol. The van der Waals surface area contributed by atoms with E-state index in [1.54, 1.807) is 6.20 Å². The van der Waals surface area contributed by atoms with E-state index >= 15 is 0 Å². The highest BCUT2D eigenvalue weighted by molar-refractivity contribution is 6.00. The number of carbonyl (C=O) groups excluding carboxylic acids is 1. The van der Waals surface area contributed by atoms with Gasteiger partial charge in [0.15, 0.2) is 5.82 Å². The number of nitrogens with one attached hydrogen (secondary N) is 1. The van der Waals surface area contributed by atoms with Gasteiger partial charge in [-0.25, -0.2) is 4.98 Å². The van der Waals surface area contributed by atoms with Crippen LogP contribution in [0.3, 0.4) is 0 Å². The first-order valence-corrected chi connectivity index (χ1v) is 5.74. The molecule has 0 saturated heterocycles. The highest BCUT2D eigenvalue weighted by atomic mass is 16.2. The lowest BCUT2D eigenvalue weighted by atomic mass is 10.0. The SMILES string of the molecule is CC(C)(N)CCN1CC(=O)Nc2cccnc21. The monoisotopic (exact) mass is 234 g/mol. The molecule has 0 aromatic carbocycles. The van der Waals surface area contributed by atoms with E-state index in [0.717, 1.165) is 24.5 Å². The van der Waals surface area contributed by atoms with Crippen LogP contribution < -0.4 is 16.0 Å². The van der Waals surface area contributed by atoms with Gasteiger partial charge in [0, 0.05) is 18.3 Å². The van der Waals surface area contributed by atoms with Crippen molar-refractivity contribution in [2.45, 2.75) is 25.8 Å². The number of rotatable bonds is 3. The van der Waals surface area contributed by atoms with E-state index in [4.69, 9.17) is 5.73 Å². The zero-order valence-electron chi connectivity index (χ0n) is 10.2. The second-order valence-corrected chi connectivity index (χ2v) is 5.08. The molecule has 1 aromatic heterocycles. The van der Waals surface area contributed by atoms with Gasteiger partial charge in [0.05, 0.1) is 12.2 Å². The molecule has 3 N–H and O–H groups in total. The van der Waals surface area contributed by atoms with Crippen LogP contribution in [0.5, 0.6) is 0 Å². The molecule has 92 valence electrons. The highest BCUT2D eigenvalue weighted by Crippen LogP contribution is 2.26. The van der Waals surface area contributed by atoms with E-state index in [9.17, 15) is 4.79 Å². The Balaban J connectivity index is 2.15. The Morgan fingerprint density at radius 2 is 2.35 bits per heavy atom. The lowest BCUT2D eigenvalue weighted by molar-refractivity contribution is -0.115. The van der Waals surface area contributed by atoms with E-state index in [0.29, 0.717) is 6.54 Å². The number of pyridine rings is 1. The predicted molar refractivity (Wildman–Crippen MR) is 68.0 cm³/mol. The van der Waals surface area contributed by atoms with Gasteiger partial charge in [-0.05, 0) is 32.4 Å².